The van der Waals surface area contributed by atoms with Crippen molar-refractivity contribution in [2.24, 2.45) is 5.92 Å². The molecule has 0 aromatic rings. The van der Waals surface area contributed by atoms with Gasteiger partial charge in [-0.3, -0.25) is 4.79 Å². The van der Waals surface area contributed by atoms with Crippen molar-refractivity contribution in [2.75, 3.05) is 23.0 Å². The number of carbonyl (C=O) groups excluding carboxylic acids is 2. The van der Waals surface area contributed by atoms with Crippen molar-refractivity contribution < 1.29 is 29.3 Å². The Bertz CT molecular complexity index is 465. The van der Waals surface area contributed by atoms with Crippen LogP contribution < -0.4 is 0 Å². The summed E-state index contributed by atoms with van der Waals surface area (Å²) < 4.78 is 10.1. The topological polar surface area (TPSA) is 93.1 Å². The summed E-state index contributed by atoms with van der Waals surface area (Å²) in [6, 6.07) is 0. The van der Waals surface area contributed by atoms with Crippen molar-refractivity contribution in [2.45, 2.75) is 59.5 Å². The fraction of sp³-hybridized carbons (Fsp3) is 0.778. The molecule has 0 aromatic carbocycles. The molecule has 0 aromatic heterocycles. The highest BCUT2D eigenvalue weighted by Gasteiger charge is 2.29. The SMILES string of the molecule is C.C.C=CC(=O)OC1CSSCC1O.CCC(C)C(=O)OC1CSSCC1O. The quantitative estimate of drug-likeness (QED) is 0.348. The molecule has 166 valence electrons. The van der Waals surface area contributed by atoms with E-state index >= 15 is 0 Å². The van der Waals surface area contributed by atoms with Crippen LogP contribution in [0.3, 0.4) is 0 Å². The lowest BCUT2D eigenvalue weighted by atomic mass is 10.1. The number of carbonyl (C=O) groups is 2. The first-order valence-electron chi connectivity index (χ1n) is 8.27. The van der Waals surface area contributed by atoms with Gasteiger partial charge in [0.2, 0.25) is 0 Å². The average molecular weight is 475 g/mol. The molecule has 2 rings (SSSR count). The van der Waals surface area contributed by atoms with Gasteiger partial charge in [0.25, 0.3) is 0 Å². The van der Waals surface area contributed by atoms with Gasteiger partial charge in [-0.2, -0.15) is 0 Å². The Kier molecular flexibility index (Phi) is 18.1. The zero-order valence-corrected chi connectivity index (χ0v) is 18.1. The molecule has 5 unspecified atom stereocenters. The third-order valence-corrected chi connectivity index (χ3v) is 8.53. The highest BCUT2D eigenvalue weighted by atomic mass is 33.1. The second kappa shape index (κ2) is 16.8. The molecule has 2 aliphatic rings. The number of hydrogen-bond acceptors (Lipinski definition) is 10. The lowest BCUT2D eigenvalue weighted by molar-refractivity contribution is -0.157. The van der Waals surface area contributed by atoms with E-state index in [1.165, 1.54) is 0 Å². The van der Waals surface area contributed by atoms with Crippen molar-refractivity contribution in [1.82, 2.24) is 0 Å². The molecule has 2 saturated heterocycles. The van der Waals surface area contributed by atoms with Crippen LogP contribution >= 0.6 is 43.2 Å². The number of rotatable bonds is 5. The lowest BCUT2D eigenvalue weighted by Gasteiger charge is -2.27. The molecule has 5 atom stereocenters. The normalized spacial score (nSPS) is 27.4. The zero-order valence-electron chi connectivity index (χ0n) is 14.9. The van der Waals surface area contributed by atoms with Gasteiger partial charge >= 0.3 is 11.9 Å². The fourth-order valence-electron chi connectivity index (χ4n) is 1.76. The highest BCUT2D eigenvalue weighted by molar-refractivity contribution is 8.77. The number of ether oxygens (including phenoxy) is 2. The van der Waals surface area contributed by atoms with Crippen LogP contribution in [0.15, 0.2) is 12.7 Å². The van der Waals surface area contributed by atoms with Gasteiger partial charge in [0.1, 0.15) is 24.4 Å². The molecular weight excluding hydrogens is 440 g/mol. The first-order chi connectivity index (χ1) is 12.4. The molecule has 0 saturated carbocycles. The Hall–Kier alpha value is -0.000000000000000187. The van der Waals surface area contributed by atoms with Gasteiger partial charge < -0.3 is 19.7 Å². The third-order valence-electron chi connectivity index (χ3n) is 3.68. The van der Waals surface area contributed by atoms with Gasteiger partial charge in [0, 0.05) is 29.1 Å². The van der Waals surface area contributed by atoms with Crippen molar-refractivity contribution in [3.05, 3.63) is 12.7 Å². The summed E-state index contributed by atoms with van der Waals surface area (Å²) in [6.45, 7) is 7.08. The standard InChI is InChI=1S/C9H16O3S2.C7H10O3S2.2CH4/c1-3-6(2)9(11)12-8-5-14-13-4-7(8)10;1-2-7(9)10-6-4-12-11-3-5(6)8;;/h6-8,10H,3-5H2,1-2H3;2,5-6,8H,1,3-4H2;2*1H4. The van der Waals surface area contributed by atoms with Crippen LogP contribution in [0.4, 0.5) is 0 Å². The van der Waals surface area contributed by atoms with Gasteiger partial charge in [-0.25, -0.2) is 4.79 Å². The molecule has 2 fully saturated rings. The summed E-state index contributed by atoms with van der Waals surface area (Å²) in [4.78, 5) is 22.2. The maximum absolute atomic E-state index is 11.4. The Morgan fingerprint density at radius 3 is 1.82 bits per heavy atom. The summed E-state index contributed by atoms with van der Waals surface area (Å²) in [5.41, 5.74) is 0. The molecule has 2 aliphatic heterocycles. The van der Waals surface area contributed by atoms with Crippen molar-refractivity contribution in [3.8, 4) is 0 Å². The summed E-state index contributed by atoms with van der Waals surface area (Å²) in [5.74, 6) is 1.86. The monoisotopic (exact) mass is 474 g/mol. The molecule has 2 heterocycles. The molecular formula is C18H34O6S4. The Balaban J connectivity index is 0. The van der Waals surface area contributed by atoms with E-state index in [1.54, 1.807) is 43.2 Å². The van der Waals surface area contributed by atoms with E-state index in [-0.39, 0.29) is 38.9 Å². The van der Waals surface area contributed by atoms with E-state index in [0.29, 0.717) is 23.0 Å². The third kappa shape index (κ3) is 11.3. The van der Waals surface area contributed by atoms with Gasteiger partial charge in [0.05, 0.1) is 5.92 Å². The van der Waals surface area contributed by atoms with Gasteiger partial charge in [-0.1, -0.05) is 78.5 Å². The molecule has 28 heavy (non-hydrogen) atoms. The van der Waals surface area contributed by atoms with E-state index < -0.39 is 18.2 Å². The molecule has 0 radical (unpaired) electrons. The minimum absolute atomic E-state index is 0. The summed E-state index contributed by atoms with van der Waals surface area (Å²) in [6.07, 6.45) is 0.154. The number of aliphatic hydroxyl groups is 2. The maximum Gasteiger partial charge on any atom is 0.330 e. The van der Waals surface area contributed by atoms with Crippen LogP contribution in [0.1, 0.15) is 35.1 Å². The molecule has 6 nitrogen and oxygen atoms in total. The van der Waals surface area contributed by atoms with E-state index in [4.69, 9.17) is 9.47 Å². The molecule has 0 bridgehead atoms. The summed E-state index contributed by atoms with van der Waals surface area (Å²) in [7, 11) is 6.47. The second-order valence-electron chi connectivity index (χ2n) is 5.74. The first-order valence-corrected chi connectivity index (χ1v) is 13.2. The van der Waals surface area contributed by atoms with Crippen LogP contribution in [0, 0.1) is 5.92 Å². The Labute approximate surface area is 185 Å². The number of hydrogen-bond donors (Lipinski definition) is 2. The summed E-state index contributed by atoms with van der Waals surface area (Å²) in [5, 5.41) is 18.9. The first kappa shape index (κ1) is 30.2. The molecule has 10 heteroatoms. The molecule has 0 aliphatic carbocycles. The van der Waals surface area contributed by atoms with Crippen LogP contribution in [-0.2, 0) is 19.1 Å². The smallest absolute Gasteiger partial charge is 0.330 e. The van der Waals surface area contributed by atoms with E-state index in [0.717, 1.165) is 12.5 Å². The molecule has 0 amide bonds. The van der Waals surface area contributed by atoms with Crippen molar-refractivity contribution >= 4 is 55.1 Å². The van der Waals surface area contributed by atoms with Crippen LogP contribution in [0.5, 0.6) is 0 Å². The minimum atomic E-state index is -0.542. The Morgan fingerprint density at radius 2 is 1.43 bits per heavy atom. The largest absolute Gasteiger partial charge is 0.458 e. The van der Waals surface area contributed by atoms with Gasteiger partial charge in [-0.05, 0) is 6.42 Å². The van der Waals surface area contributed by atoms with Gasteiger partial charge in [0.15, 0.2) is 0 Å². The predicted octanol–water partition coefficient (Wildman–Crippen LogP) is 3.81. The highest BCUT2D eigenvalue weighted by Crippen LogP contribution is 2.32. The van der Waals surface area contributed by atoms with Crippen LogP contribution in [-0.4, -0.2) is 69.6 Å². The minimum Gasteiger partial charge on any atom is -0.458 e. The van der Waals surface area contributed by atoms with Crippen LogP contribution in [0.25, 0.3) is 0 Å². The second-order valence-corrected chi connectivity index (χ2v) is 10.8. The lowest BCUT2D eigenvalue weighted by Crippen LogP contribution is -2.38. The molecule has 2 N–H and O–H groups in total. The van der Waals surface area contributed by atoms with Gasteiger partial charge in [-0.15, -0.1) is 0 Å². The fourth-order valence-corrected chi connectivity index (χ4v) is 6.49. The Morgan fingerprint density at radius 1 is 1.00 bits per heavy atom. The maximum atomic E-state index is 11.4. The zero-order chi connectivity index (χ0) is 19.5. The number of aliphatic hydroxyl groups excluding tert-OH is 2. The van der Waals surface area contributed by atoms with Crippen LogP contribution in [0.2, 0.25) is 0 Å². The van der Waals surface area contributed by atoms with E-state index in [9.17, 15) is 19.8 Å². The van der Waals surface area contributed by atoms with E-state index in [2.05, 4.69) is 6.58 Å². The van der Waals surface area contributed by atoms with E-state index in [1.807, 2.05) is 13.8 Å². The number of esters is 2. The molecule has 0 spiro atoms. The van der Waals surface area contributed by atoms with Crippen molar-refractivity contribution in [3.63, 3.8) is 0 Å². The van der Waals surface area contributed by atoms with Crippen molar-refractivity contribution in [1.29, 1.82) is 0 Å². The summed E-state index contributed by atoms with van der Waals surface area (Å²) >= 11 is 0. The predicted molar refractivity (Wildman–Crippen MR) is 125 cm³/mol. The average Bonchev–Trinajstić information content (AvgIpc) is 2.65.